The summed E-state index contributed by atoms with van der Waals surface area (Å²) >= 11 is 0. The van der Waals surface area contributed by atoms with Gasteiger partial charge in [0.2, 0.25) is 5.82 Å². The summed E-state index contributed by atoms with van der Waals surface area (Å²) in [6, 6.07) is 9.55. The van der Waals surface area contributed by atoms with Crippen LogP contribution in [0.1, 0.15) is 18.4 Å². The Labute approximate surface area is 185 Å². The third-order valence-corrected chi connectivity index (χ3v) is 5.49. The highest BCUT2D eigenvalue weighted by Gasteiger charge is 2.51. The van der Waals surface area contributed by atoms with Crippen molar-refractivity contribution in [3.8, 4) is 28.8 Å². The van der Waals surface area contributed by atoms with Crippen molar-refractivity contribution >= 4 is 5.97 Å². The number of ether oxygens (including phenoxy) is 1. The summed E-state index contributed by atoms with van der Waals surface area (Å²) in [6.07, 6.45) is 3.25. The van der Waals surface area contributed by atoms with Gasteiger partial charge in [0.15, 0.2) is 5.82 Å². The Morgan fingerprint density at radius 1 is 1.18 bits per heavy atom. The number of carbonyl (C=O) groups is 1. The van der Waals surface area contributed by atoms with Gasteiger partial charge in [0.25, 0.3) is 5.88 Å². The quantitative estimate of drug-likeness (QED) is 0.431. The molecule has 1 saturated carbocycles. The molecule has 0 unspecified atom stereocenters. The summed E-state index contributed by atoms with van der Waals surface area (Å²) < 4.78 is 40.3. The summed E-state index contributed by atoms with van der Waals surface area (Å²) in [5.41, 5.74) is 0.651. The van der Waals surface area contributed by atoms with E-state index >= 15 is 0 Å². The highest BCUT2D eigenvalue weighted by Crippen LogP contribution is 2.46. The second-order valence-electron chi connectivity index (χ2n) is 7.77. The third kappa shape index (κ3) is 4.04. The Hall–Kier alpha value is -4.15. The van der Waals surface area contributed by atoms with Crippen molar-refractivity contribution in [2.75, 3.05) is 6.61 Å². The molecule has 5 rings (SSSR count). The van der Waals surface area contributed by atoms with Crippen LogP contribution in [-0.2, 0) is 11.3 Å². The first-order valence-corrected chi connectivity index (χ1v) is 10.1. The summed E-state index contributed by atoms with van der Waals surface area (Å²) in [4.78, 5) is 19.4. The third-order valence-electron chi connectivity index (χ3n) is 5.49. The van der Waals surface area contributed by atoms with E-state index in [4.69, 9.17) is 9.26 Å². The Kier molecular flexibility index (Phi) is 5.08. The molecule has 1 aliphatic rings. The van der Waals surface area contributed by atoms with Crippen LogP contribution in [0.5, 0.6) is 5.88 Å². The van der Waals surface area contributed by atoms with Crippen molar-refractivity contribution in [3.63, 3.8) is 0 Å². The van der Waals surface area contributed by atoms with Gasteiger partial charge in [-0.15, -0.1) is 0 Å². The first kappa shape index (κ1) is 20.7. The van der Waals surface area contributed by atoms with Gasteiger partial charge in [0.05, 0.1) is 18.4 Å². The maximum atomic E-state index is 14.2. The Balaban J connectivity index is 1.48. The monoisotopic (exact) mass is 453 g/mol. The maximum Gasteiger partial charge on any atom is 0.313 e. The molecule has 168 valence electrons. The van der Waals surface area contributed by atoms with E-state index in [-0.39, 0.29) is 36.4 Å². The minimum Gasteiger partial charge on any atom is -0.481 e. The molecule has 0 amide bonds. The SMILES string of the molecule is O=C(O)C1(COc2nc(-c3cc(-c4ccon4)n(Cc4ccccc4F)n3)ncc2F)CC1. The first-order chi connectivity index (χ1) is 15.9. The Morgan fingerprint density at radius 2 is 2.00 bits per heavy atom. The summed E-state index contributed by atoms with van der Waals surface area (Å²) in [5, 5.41) is 17.7. The highest BCUT2D eigenvalue weighted by atomic mass is 19.1. The molecular formula is C22H17F2N5O4. The lowest BCUT2D eigenvalue weighted by Gasteiger charge is -2.11. The molecule has 1 aromatic carbocycles. The molecule has 1 fully saturated rings. The molecular weight excluding hydrogens is 436 g/mol. The standard InChI is InChI=1S/C22H17F2N5O4/c23-14-4-2-1-3-13(14)11-29-18(16-5-8-33-28-16)9-17(27-29)19-25-10-15(24)20(26-19)32-12-22(6-7-22)21(30)31/h1-5,8-10H,6-7,11-12H2,(H,30,31). The molecule has 1 aliphatic carbocycles. The Morgan fingerprint density at radius 3 is 2.70 bits per heavy atom. The van der Waals surface area contributed by atoms with Crippen LogP contribution in [0.15, 0.2) is 53.4 Å². The largest absolute Gasteiger partial charge is 0.481 e. The average molecular weight is 453 g/mol. The molecule has 0 radical (unpaired) electrons. The number of hydrogen-bond acceptors (Lipinski definition) is 7. The van der Waals surface area contributed by atoms with Crippen molar-refractivity contribution in [2.45, 2.75) is 19.4 Å². The smallest absolute Gasteiger partial charge is 0.313 e. The van der Waals surface area contributed by atoms with E-state index in [1.54, 1.807) is 30.3 Å². The van der Waals surface area contributed by atoms with Crippen molar-refractivity contribution in [1.82, 2.24) is 24.9 Å². The fourth-order valence-corrected chi connectivity index (χ4v) is 3.34. The number of carboxylic acids is 1. The fourth-order valence-electron chi connectivity index (χ4n) is 3.34. The van der Waals surface area contributed by atoms with E-state index in [0.717, 1.165) is 6.20 Å². The van der Waals surface area contributed by atoms with Crippen LogP contribution in [0.25, 0.3) is 22.9 Å². The number of carboxylic acid groups (broad SMARTS) is 1. The normalized spacial score (nSPS) is 14.2. The number of aliphatic carboxylic acids is 1. The molecule has 3 aromatic heterocycles. The minimum absolute atomic E-state index is 0.0589. The molecule has 11 heteroatoms. The molecule has 9 nitrogen and oxygen atoms in total. The molecule has 0 bridgehead atoms. The van der Waals surface area contributed by atoms with E-state index in [2.05, 4.69) is 20.2 Å². The molecule has 33 heavy (non-hydrogen) atoms. The van der Waals surface area contributed by atoms with Crippen LogP contribution < -0.4 is 4.74 Å². The van der Waals surface area contributed by atoms with Crippen molar-refractivity contribution < 1.29 is 27.9 Å². The van der Waals surface area contributed by atoms with Gasteiger partial charge >= 0.3 is 5.97 Å². The van der Waals surface area contributed by atoms with E-state index in [0.29, 0.717) is 29.8 Å². The van der Waals surface area contributed by atoms with Crippen molar-refractivity contribution in [1.29, 1.82) is 0 Å². The van der Waals surface area contributed by atoms with Gasteiger partial charge in [-0.2, -0.15) is 14.5 Å². The van der Waals surface area contributed by atoms with Crippen LogP contribution in [-0.4, -0.2) is 42.6 Å². The number of rotatable bonds is 8. The summed E-state index contributed by atoms with van der Waals surface area (Å²) in [5.74, 6) is -2.49. The van der Waals surface area contributed by atoms with Gasteiger partial charge in [0, 0.05) is 11.6 Å². The average Bonchev–Trinajstić information content (AvgIpc) is 3.20. The fraction of sp³-hybridized carbons (Fsp3) is 0.227. The predicted molar refractivity (Wildman–Crippen MR) is 109 cm³/mol. The van der Waals surface area contributed by atoms with Gasteiger partial charge in [0.1, 0.15) is 35.5 Å². The lowest BCUT2D eigenvalue weighted by atomic mass is 10.1. The van der Waals surface area contributed by atoms with E-state index in [9.17, 15) is 18.7 Å². The molecule has 0 aliphatic heterocycles. The number of aromatic nitrogens is 5. The summed E-state index contributed by atoms with van der Waals surface area (Å²) in [6.45, 7) is -0.0951. The molecule has 3 heterocycles. The highest BCUT2D eigenvalue weighted by molar-refractivity contribution is 5.78. The predicted octanol–water partition coefficient (Wildman–Crippen LogP) is 3.57. The van der Waals surface area contributed by atoms with E-state index in [1.165, 1.54) is 17.0 Å². The van der Waals surface area contributed by atoms with Gasteiger partial charge in [-0.3, -0.25) is 9.48 Å². The second kappa shape index (κ2) is 8.08. The Bertz CT molecular complexity index is 1320. The maximum absolute atomic E-state index is 14.2. The first-order valence-electron chi connectivity index (χ1n) is 10.1. The van der Waals surface area contributed by atoms with Gasteiger partial charge in [-0.25, -0.2) is 9.37 Å². The number of benzene rings is 1. The zero-order valence-electron chi connectivity index (χ0n) is 17.1. The van der Waals surface area contributed by atoms with Crippen LogP contribution in [0, 0.1) is 17.0 Å². The van der Waals surface area contributed by atoms with Gasteiger partial charge < -0.3 is 14.4 Å². The van der Waals surface area contributed by atoms with Crippen molar-refractivity contribution in [3.05, 3.63) is 66.1 Å². The molecule has 0 atom stereocenters. The topological polar surface area (TPSA) is 116 Å². The van der Waals surface area contributed by atoms with E-state index in [1.807, 2.05) is 0 Å². The van der Waals surface area contributed by atoms with E-state index < -0.39 is 17.2 Å². The van der Waals surface area contributed by atoms with Gasteiger partial charge in [-0.05, 0) is 25.0 Å². The van der Waals surface area contributed by atoms with Crippen LogP contribution >= 0.6 is 0 Å². The summed E-state index contributed by atoms with van der Waals surface area (Å²) in [7, 11) is 0. The number of nitrogens with zero attached hydrogens (tertiary/aromatic N) is 5. The zero-order chi connectivity index (χ0) is 23.0. The molecule has 0 saturated heterocycles. The van der Waals surface area contributed by atoms with Crippen LogP contribution in [0.3, 0.4) is 0 Å². The second-order valence-corrected chi connectivity index (χ2v) is 7.77. The van der Waals surface area contributed by atoms with Crippen molar-refractivity contribution in [2.24, 2.45) is 5.41 Å². The lowest BCUT2D eigenvalue weighted by molar-refractivity contribution is -0.144. The minimum atomic E-state index is -1.00. The van der Waals surface area contributed by atoms with Crippen LogP contribution in [0.4, 0.5) is 8.78 Å². The van der Waals surface area contributed by atoms with Gasteiger partial charge in [-0.1, -0.05) is 23.4 Å². The lowest BCUT2D eigenvalue weighted by Crippen LogP contribution is -2.23. The number of hydrogen-bond donors (Lipinski definition) is 1. The number of halogens is 2. The molecule has 1 N–H and O–H groups in total. The van der Waals surface area contributed by atoms with Crippen LogP contribution in [0.2, 0.25) is 0 Å². The zero-order valence-corrected chi connectivity index (χ0v) is 17.1. The molecule has 4 aromatic rings. The molecule has 0 spiro atoms.